The summed E-state index contributed by atoms with van der Waals surface area (Å²) in [6, 6.07) is 3.63. The summed E-state index contributed by atoms with van der Waals surface area (Å²) in [5.74, 6) is 1.17. The average molecular weight is 265 g/mol. The third kappa shape index (κ3) is 1.64. The van der Waals surface area contributed by atoms with Gasteiger partial charge in [0, 0.05) is 4.88 Å². The third-order valence-corrected chi connectivity index (χ3v) is 4.10. The minimum Gasteiger partial charge on any atom is -0.461 e. The van der Waals surface area contributed by atoms with Gasteiger partial charge in [-0.25, -0.2) is 9.97 Å². The molecule has 0 saturated carbocycles. The second-order valence-corrected chi connectivity index (χ2v) is 5.34. The van der Waals surface area contributed by atoms with Crippen LogP contribution in [0.5, 0.6) is 0 Å². The highest BCUT2D eigenvalue weighted by molar-refractivity contribution is 7.18. The molecule has 3 nitrogen and oxygen atoms in total. The summed E-state index contributed by atoms with van der Waals surface area (Å²) in [7, 11) is 0. The SMILES string of the molecule is Cc1sc2nc(-c3ccco3)nc(Cl)c2c1C. The van der Waals surface area contributed by atoms with Gasteiger partial charge in [0.2, 0.25) is 0 Å². The predicted octanol–water partition coefficient (Wildman–Crippen LogP) is 4.22. The summed E-state index contributed by atoms with van der Waals surface area (Å²) >= 11 is 7.84. The van der Waals surface area contributed by atoms with Gasteiger partial charge in [-0.05, 0) is 31.5 Å². The number of fused-ring (bicyclic) bond motifs is 1. The van der Waals surface area contributed by atoms with Crippen molar-refractivity contribution in [1.29, 1.82) is 0 Å². The number of hydrogen-bond donors (Lipinski definition) is 0. The summed E-state index contributed by atoms with van der Waals surface area (Å²) in [6.07, 6.45) is 1.60. The minimum absolute atomic E-state index is 0.489. The lowest BCUT2D eigenvalue weighted by atomic mass is 10.2. The molecule has 17 heavy (non-hydrogen) atoms. The van der Waals surface area contributed by atoms with E-state index in [0.29, 0.717) is 16.7 Å². The van der Waals surface area contributed by atoms with Crippen LogP contribution in [0.15, 0.2) is 22.8 Å². The van der Waals surface area contributed by atoms with Crippen LogP contribution in [-0.2, 0) is 0 Å². The summed E-state index contributed by atoms with van der Waals surface area (Å²) < 4.78 is 5.28. The number of furan rings is 1. The fraction of sp³-hybridized carbons (Fsp3) is 0.167. The molecular formula is C12H9ClN2OS. The van der Waals surface area contributed by atoms with Gasteiger partial charge in [-0.2, -0.15) is 0 Å². The van der Waals surface area contributed by atoms with Crippen LogP contribution in [0.2, 0.25) is 5.15 Å². The van der Waals surface area contributed by atoms with Gasteiger partial charge in [0.25, 0.3) is 0 Å². The Balaban J connectivity index is 2.32. The van der Waals surface area contributed by atoms with Gasteiger partial charge in [-0.1, -0.05) is 11.6 Å². The molecular weight excluding hydrogens is 256 g/mol. The molecule has 0 aromatic carbocycles. The molecule has 0 atom stereocenters. The zero-order valence-corrected chi connectivity index (χ0v) is 10.9. The third-order valence-electron chi connectivity index (χ3n) is 2.73. The molecule has 0 unspecified atom stereocenters. The van der Waals surface area contributed by atoms with Crippen LogP contribution in [0.25, 0.3) is 21.8 Å². The molecule has 5 heteroatoms. The maximum atomic E-state index is 6.21. The van der Waals surface area contributed by atoms with Crippen molar-refractivity contribution in [3.05, 3.63) is 34.0 Å². The topological polar surface area (TPSA) is 38.9 Å². The zero-order chi connectivity index (χ0) is 12.0. The Labute approximate surface area is 107 Å². The summed E-state index contributed by atoms with van der Waals surface area (Å²) in [5.41, 5.74) is 1.15. The molecule has 3 aromatic heterocycles. The first-order valence-corrected chi connectivity index (χ1v) is 6.33. The van der Waals surface area contributed by atoms with E-state index in [9.17, 15) is 0 Å². The predicted molar refractivity (Wildman–Crippen MR) is 69.6 cm³/mol. The highest BCUT2D eigenvalue weighted by atomic mass is 35.5. The molecule has 0 saturated heterocycles. The molecule has 0 radical (unpaired) electrons. The molecule has 0 aliphatic carbocycles. The first-order valence-electron chi connectivity index (χ1n) is 5.14. The molecule has 3 heterocycles. The number of aromatic nitrogens is 2. The average Bonchev–Trinajstić information content (AvgIpc) is 2.88. The van der Waals surface area contributed by atoms with Crippen LogP contribution in [0.3, 0.4) is 0 Å². The van der Waals surface area contributed by atoms with E-state index in [1.807, 2.05) is 19.1 Å². The second kappa shape index (κ2) is 3.82. The van der Waals surface area contributed by atoms with E-state index in [0.717, 1.165) is 15.8 Å². The Kier molecular flexibility index (Phi) is 2.42. The standard InChI is InChI=1S/C12H9ClN2OS/c1-6-7(2)17-12-9(6)10(13)14-11(15-12)8-4-3-5-16-8/h3-5H,1-2H3. The van der Waals surface area contributed by atoms with Crippen LogP contribution >= 0.6 is 22.9 Å². The van der Waals surface area contributed by atoms with Crippen LogP contribution in [0.4, 0.5) is 0 Å². The summed E-state index contributed by atoms with van der Waals surface area (Å²) in [4.78, 5) is 10.9. The molecule has 0 fully saturated rings. The lowest BCUT2D eigenvalue weighted by Crippen LogP contribution is -1.88. The number of aryl methyl sites for hydroxylation is 2. The van der Waals surface area contributed by atoms with Crippen LogP contribution < -0.4 is 0 Å². The monoisotopic (exact) mass is 264 g/mol. The van der Waals surface area contributed by atoms with Gasteiger partial charge in [-0.15, -0.1) is 11.3 Å². The first-order chi connectivity index (χ1) is 8.16. The molecule has 0 N–H and O–H groups in total. The van der Waals surface area contributed by atoms with Crippen molar-refractivity contribution >= 4 is 33.2 Å². The molecule has 86 valence electrons. The van der Waals surface area contributed by atoms with Gasteiger partial charge >= 0.3 is 0 Å². The fourth-order valence-corrected chi connectivity index (χ4v) is 3.11. The lowest BCUT2D eigenvalue weighted by Gasteiger charge is -1.99. The van der Waals surface area contributed by atoms with Crippen LogP contribution in [-0.4, -0.2) is 9.97 Å². The molecule has 3 rings (SSSR count). The van der Waals surface area contributed by atoms with Crippen molar-refractivity contribution in [2.24, 2.45) is 0 Å². The highest BCUT2D eigenvalue weighted by Crippen LogP contribution is 2.34. The van der Waals surface area contributed by atoms with Gasteiger partial charge in [0.15, 0.2) is 11.6 Å². The Morgan fingerprint density at radius 3 is 2.82 bits per heavy atom. The van der Waals surface area contributed by atoms with Crippen molar-refractivity contribution in [1.82, 2.24) is 9.97 Å². The van der Waals surface area contributed by atoms with Gasteiger partial charge in [0.1, 0.15) is 9.98 Å². The number of thiophene rings is 1. The molecule has 0 bridgehead atoms. The van der Waals surface area contributed by atoms with E-state index in [1.54, 1.807) is 17.6 Å². The number of halogens is 1. The fourth-order valence-electron chi connectivity index (χ4n) is 1.72. The van der Waals surface area contributed by atoms with Crippen molar-refractivity contribution in [3.8, 4) is 11.6 Å². The Morgan fingerprint density at radius 1 is 1.29 bits per heavy atom. The molecule has 3 aromatic rings. The smallest absolute Gasteiger partial charge is 0.198 e. The Hall–Kier alpha value is -1.39. The largest absolute Gasteiger partial charge is 0.461 e. The molecule has 0 aliphatic heterocycles. The Bertz CT molecular complexity index is 688. The first kappa shape index (κ1) is 10.7. The van der Waals surface area contributed by atoms with E-state index >= 15 is 0 Å². The quantitative estimate of drug-likeness (QED) is 0.618. The normalized spacial score (nSPS) is 11.2. The minimum atomic E-state index is 0.489. The number of nitrogens with zero attached hydrogens (tertiary/aromatic N) is 2. The van der Waals surface area contributed by atoms with E-state index < -0.39 is 0 Å². The lowest BCUT2D eigenvalue weighted by molar-refractivity contribution is 0.577. The molecule has 0 spiro atoms. The van der Waals surface area contributed by atoms with Crippen molar-refractivity contribution in [2.75, 3.05) is 0 Å². The summed E-state index contributed by atoms with van der Waals surface area (Å²) in [5, 5.41) is 1.44. The van der Waals surface area contributed by atoms with Crippen LogP contribution in [0, 0.1) is 13.8 Å². The van der Waals surface area contributed by atoms with E-state index in [-0.39, 0.29) is 0 Å². The van der Waals surface area contributed by atoms with E-state index in [1.165, 1.54) is 4.88 Å². The van der Waals surface area contributed by atoms with Crippen molar-refractivity contribution in [2.45, 2.75) is 13.8 Å². The van der Waals surface area contributed by atoms with Gasteiger partial charge in [0.05, 0.1) is 11.6 Å². The van der Waals surface area contributed by atoms with Gasteiger partial charge < -0.3 is 4.42 Å². The number of hydrogen-bond acceptors (Lipinski definition) is 4. The van der Waals surface area contributed by atoms with Gasteiger partial charge in [-0.3, -0.25) is 0 Å². The zero-order valence-electron chi connectivity index (χ0n) is 9.32. The van der Waals surface area contributed by atoms with Crippen molar-refractivity contribution < 1.29 is 4.42 Å². The second-order valence-electron chi connectivity index (χ2n) is 3.78. The van der Waals surface area contributed by atoms with Crippen LogP contribution in [0.1, 0.15) is 10.4 Å². The number of rotatable bonds is 1. The van der Waals surface area contributed by atoms with E-state index in [4.69, 9.17) is 16.0 Å². The Morgan fingerprint density at radius 2 is 2.12 bits per heavy atom. The highest BCUT2D eigenvalue weighted by Gasteiger charge is 2.14. The van der Waals surface area contributed by atoms with E-state index in [2.05, 4.69) is 16.9 Å². The van der Waals surface area contributed by atoms with Crippen molar-refractivity contribution in [3.63, 3.8) is 0 Å². The maximum absolute atomic E-state index is 6.21. The molecule has 0 amide bonds. The molecule has 0 aliphatic rings. The maximum Gasteiger partial charge on any atom is 0.198 e. The summed E-state index contributed by atoms with van der Waals surface area (Å²) in [6.45, 7) is 4.10.